The summed E-state index contributed by atoms with van der Waals surface area (Å²) < 4.78 is 0. The van der Waals surface area contributed by atoms with Crippen LogP contribution in [0.3, 0.4) is 0 Å². The zero-order valence-electron chi connectivity index (χ0n) is 13.1. The standard InChI is InChI=1S/C16H27N3O/c1-5-12(3)10-19(6-2)11-16(20)18-15-8-7-13(4)9-14(15)17/h7-9,12H,5-6,10-11,17H2,1-4H3,(H,18,20). The van der Waals surface area contributed by atoms with E-state index in [9.17, 15) is 4.79 Å². The van der Waals surface area contributed by atoms with Crippen molar-refractivity contribution >= 4 is 17.3 Å². The monoisotopic (exact) mass is 277 g/mol. The minimum Gasteiger partial charge on any atom is -0.397 e. The van der Waals surface area contributed by atoms with E-state index in [1.807, 2.05) is 25.1 Å². The highest BCUT2D eigenvalue weighted by Crippen LogP contribution is 2.19. The molecule has 0 aliphatic carbocycles. The Bertz CT molecular complexity index is 445. The lowest BCUT2D eigenvalue weighted by Crippen LogP contribution is -2.36. The molecule has 0 bridgehead atoms. The SMILES string of the molecule is CCC(C)CN(CC)CC(=O)Nc1ccc(C)cc1N. The number of rotatable bonds is 7. The fraction of sp³-hybridized carbons (Fsp3) is 0.562. The number of aryl methyl sites for hydroxylation is 1. The first-order valence-electron chi connectivity index (χ1n) is 7.34. The van der Waals surface area contributed by atoms with E-state index in [0.717, 1.165) is 25.1 Å². The van der Waals surface area contributed by atoms with Crippen LogP contribution in [-0.2, 0) is 4.79 Å². The van der Waals surface area contributed by atoms with Crippen LogP contribution in [0.5, 0.6) is 0 Å². The lowest BCUT2D eigenvalue weighted by molar-refractivity contribution is -0.117. The molecule has 4 nitrogen and oxygen atoms in total. The van der Waals surface area contributed by atoms with Crippen LogP contribution in [0.15, 0.2) is 18.2 Å². The number of likely N-dealkylation sites (N-methyl/N-ethyl adjacent to an activating group) is 1. The molecule has 20 heavy (non-hydrogen) atoms. The highest BCUT2D eigenvalue weighted by molar-refractivity contribution is 5.95. The average Bonchev–Trinajstić information content (AvgIpc) is 2.41. The molecular formula is C16H27N3O. The first-order valence-corrected chi connectivity index (χ1v) is 7.34. The summed E-state index contributed by atoms with van der Waals surface area (Å²) in [4.78, 5) is 14.2. The van der Waals surface area contributed by atoms with Gasteiger partial charge in [-0.1, -0.05) is 33.3 Å². The molecule has 0 spiro atoms. The maximum absolute atomic E-state index is 12.1. The second-order valence-electron chi connectivity index (χ2n) is 5.48. The van der Waals surface area contributed by atoms with Gasteiger partial charge in [-0.15, -0.1) is 0 Å². The first kappa shape index (κ1) is 16.5. The molecule has 1 atom stereocenters. The number of benzene rings is 1. The van der Waals surface area contributed by atoms with Gasteiger partial charge in [0.05, 0.1) is 17.9 Å². The number of carbonyl (C=O) groups is 1. The maximum Gasteiger partial charge on any atom is 0.238 e. The Morgan fingerprint density at radius 2 is 2.10 bits per heavy atom. The van der Waals surface area contributed by atoms with Crippen LogP contribution >= 0.6 is 0 Å². The van der Waals surface area contributed by atoms with Crippen molar-refractivity contribution in [1.82, 2.24) is 4.90 Å². The lowest BCUT2D eigenvalue weighted by Gasteiger charge is -2.23. The summed E-state index contributed by atoms with van der Waals surface area (Å²) in [7, 11) is 0. The van der Waals surface area contributed by atoms with Crippen LogP contribution in [0.2, 0.25) is 0 Å². The smallest absolute Gasteiger partial charge is 0.238 e. The zero-order valence-corrected chi connectivity index (χ0v) is 13.1. The van der Waals surface area contributed by atoms with Crippen molar-refractivity contribution < 1.29 is 4.79 Å². The van der Waals surface area contributed by atoms with Gasteiger partial charge < -0.3 is 11.1 Å². The average molecular weight is 277 g/mol. The highest BCUT2D eigenvalue weighted by Gasteiger charge is 2.12. The van der Waals surface area contributed by atoms with Gasteiger partial charge in [0.15, 0.2) is 0 Å². The summed E-state index contributed by atoms with van der Waals surface area (Å²) >= 11 is 0. The molecule has 0 aliphatic heterocycles. The van der Waals surface area contributed by atoms with Gasteiger partial charge >= 0.3 is 0 Å². The quantitative estimate of drug-likeness (QED) is 0.753. The number of anilines is 2. The van der Waals surface area contributed by atoms with E-state index in [4.69, 9.17) is 5.73 Å². The van der Waals surface area contributed by atoms with Crippen molar-refractivity contribution in [2.45, 2.75) is 34.1 Å². The largest absolute Gasteiger partial charge is 0.397 e. The Morgan fingerprint density at radius 1 is 1.40 bits per heavy atom. The van der Waals surface area contributed by atoms with Crippen LogP contribution in [-0.4, -0.2) is 30.4 Å². The van der Waals surface area contributed by atoms with Crippen molar-refractivity contribution in [3.05, 3.63) is 23.8 Å². The molecule has 1 amide bonds. The van der Waals surface area contributed by atoms with Gasteiger partial charge in [-0.3, -0.25) is 9.69 Å². The number of hydrogen-bond donors (Lipinski definition) is 2. The number of carbonyl (C=O) groups excluding carboxylic acids is 1. The predicted octanol–water partition coefficient (Wildman–Crippen LogP) is 2.88. The van der Waals surface area contributed by atoms with E-state index < -0.39 is 0 Å². The summed E-state index contributed by atoms with van der Waals surface area (Å²) in [5, 5.41) is 2.89. The van der Waals surface area contributed by atoms with Gasteiger partial charge in [-0.2, -0.15) is 0 Å². The minimum absolute atomic E-state index is 0.00861. The fourth-order valence-corrected chi connectivity index (χ4v) is 2.06. The molecular weight excluding hydrogens is 250 g/mol. The van der Waals surface area contributed by atoms with Crippen molar-refractivity contribution in [3.63, 3.8) is 0 Å². The van der Waals surface area contributed by atoms with E-state index >= 15 is 0 Å². The summed E-state index contributed by atoms with van der Waals surface area (Å²) in [6.07, 6.45) is 1.13. The third-order valence-electron chi connectivity index (χ3n) is 3.56. The Labute approximate surface area is 122 Å². The normalized spacial score (nSPS) is 12.4. The molecule has 4 heteroatoms. The molecule has 0 aliphatic rings. The van der Waals surface area contributed by atoms with E-state index in [-0.39, 0.29) is 5.91 Å². The molecule has 1 aromatic carbocycles. The highest BCUT2D eigenvalue weighted by atomic mass is 16.2. The van der Waals surface area contributed by atoms with Gasteiger partial charge in [0.2, 0.25) is 5.91 Å². The Hall–Kier alpha value is -1.55. The second kappa shape index (κ2) is 7.90. The van der Waals surface area contributed by atoms with Crippen LogP contribution in [0.1, 0.15) is 32.8 Å². The molecule has 0 fully saturated rings. The second-order valence-corrected chi connectivity index (χ2v) is 5.48. The van der Waals surface area contributed by atoms with E-state index in [1.165, 1.54) is 0 Å². The van der Waals surface area contributed by atoms with Gasteiger partial charge in [-0.25, -0.2) is 0 Å². The number of nitrogen functional groups attached to an aromatic ring is 1. The Kier molecular flexibility index (Phi) is 6.52. The van der Waals surface area contributed by atoms with Gasteiger partial charge in [0.1, 0.15) is 0 Å². The zero-order chi connectivity index (χ0) is 15.1. The van der Waals surface area contributed by atoms with Crippen LogP contribution in [0.4, 0.5) is 11.4 Å². The van der Waals surface area contributed by atoms with E-state index in [1.54, 1.807) is 0 Å². The first-order chi connectivity index (χ1) is 9.46. The number of nitrogens with one attached hydrogen (secondary N) is 1. The lowest BCUT2D eigenvalue weighted by atomic mass is 10.1. The summed E-state index contributed by atoms with van der Waals surface area (Å²) in [5.74, 6) is 0.595. The molecule has 1 unspecified atom stereocenters. The van der Waals surface area contributed by atoms with E-state index in [2.05, 4.69) is 31.0 Å². The molecule has 0 heterocycles. The summed E-state index contributed by atoms with van der Waals surface area (Å²) in [6, 6.07) is 5.67. The fourth-order valence-electron chi connectivity index (χ4n) is 2.06. The molecule has 1 aromatic rings. The molecule has 0 saturated heterocycles. The molecule has 3 N–H and O–H groups in total. The maximum atomic E-state index is 12.1. The van der Waals surface area contributed by atoms with Crippen molar-refractivity contribution in [1.29, 1.82) is 0 Å². The molecule has 0 aromatic heterocycles. The van der Waals surface area contributed by atoms with Crippen LogP contribution in [0, 0.1) is 12.8 Å². The minimum atomic E-state index is -0.00861. The van der Waals surface area contributed by atoms with Crippen molar-refractivity contribution in [2.75, 3.05) is 30.7 Å². The topological polar surface area (TPSA) is 58.4 Å². The van der Waals surface area contributed by atoms with E-state index in [0.29, 0.717) is 23.8 Å². The third-order valence-corrected chi connectivity index (χ3v) is 3.56. The number of nitrogens with two attached hydrogens (primary N) is 1. The summed E-state index contributed by atoms with van der Waals surface area (Å²) in [6.45, 7) is 10.7. The predicted molar refractivity (Wildman–Crippen MR) is 85.8 cm³/mol. The third kappa shape index (κ3) is 5.21. The van der Waals surface area contributed by atoms with Crippen LogP contribution in [0.25, 0.3) is 0 Å². The Balaban J connectivity index is 2.57. The molecule has 112 valence electrons. The number of amides is 1. The van der Waals surface area contributed by atoms with Gasteiger partial charge in [-0.05, 0) is 37.1 Å². The van der Waals surface area contributed by atoms with Crippen molar-refractivity contribution in [3.8, 4) is 0 Å². The van der Waals surface area contributed by atoms with Gasteiger partial charge in [0.25, 0.3) is 0 Å². The Morgan fingerprint density at radius 3 is 2.65 bits per heavy atom. The molecule has 1 rings (SSSR count). The van der Waals surface area contributed by atoms with Gasteiger partial charge in [0, 0.05) is 6.54 Å². The number of hydrogen-bond acceptors (Lipinski definition) is 3. The molecule has 0 radical (unpaired) electrons. The van der Waals surface area contributed by atoms with Crippen molar-refractivity contribution in [2.24, 2.45) is 5.92 Å². The van der Waals surface area contributed by atoms with Crippen LogP contribution < -0.4 is 11.1 Å². The number of nitrogens with zero attached hydrogens (tertiary/aromatic N) is 1. The molecule has 0 saturated carbocycles. The summed E-state index contributed by atoms with van der Waals surface area (Å²) in [5.41, 5.74) is 8.31.